The first-order valence-electron chi connectivity index (χ1n) is 10.4. The largest absolute Gasteiger partial charge is 0.353 e. The third-order valence-corrected chi connectivity index (χ3v) is 5.57. The van der Waals surface area contributed by atoms with E-state index in [2.05, 4.69) is 49.6 Å². The van der Waals surface area contributed by atoms with Gasteiger partial charge in [-0.05, 0) is 17.5 Å². The molecule has 1 atom stereocenters. The topological polar surface area (TPSA) is 75.4 Å². The number of carbonyl (C=O) groups is 1. The smallest absolute Gasteiger partial charge is 0.250 e. The van der Waals surface area contributed by atoms with Crippen molar-refractivity contribution >= 4 is 23.4 Å². The zero-order valence-electron chi connectivity index (χ0n) is 16.7. The molecule has 3 heterocycles. The maximum atomic E-state index is 12.7. The van der Waals surface area contributed by atoms with E-state index in [0.717, 1.165) is 26.1 Å². The quantitative estimate of drug-likeness (QED) is 0.689. The summed E-state index contributed by atoms with van der Waals surface area (Å²) in [6.45, 7) is 3.36. The Kier molecular flexibility index (Phi) is 5.11. The number of fused-ring (bicyclic) bond motifs is 2. The third-order valence-electron chi connectivity index (χ3n) is 5.57. The maximum Gasteiger partial charge on any atom is 0.250 e. The van der Waals surface area contributed by atoms with Crippen LogP contribution in [0.2, 0.25) is 0 Å². The number of hydrogen-bond acceptors (Lipinski definition) is 6. The molecule has 1 saturated heterocycles. The summed E-state index contributed by atoms with van der Waals surface area (Å²) in [6, 6.07) is 20.6. The summed E-state index contributed by atoms with van der Waals surface area (Å²) in [5, 5.41) is 7.84. The summed E-state index contributed by atoms with van der Waals surface area (Å²) in [6.07, 6.45) is 0.898. The zero-order valence-corrected chi connectivity index (χ0v) is 16.7. The SMILES string of the molecule is O=C1CN(Cc2ccccc2)CC2Cn3nc(NCCc4ccccc4)nc3N=C12. The molecule has 0 bridgehead atoms. The zero-order chi connectivity index (χ0) is 20.3. The van der Waals surface area contributed by atoms with E-state index < -0.39 is 0 Å². The molecule has 2 aromatic carbocycles. The van der Waals surface area contributed by atoms with Gasteiger partial charge in [0.25, 0.3) is 0 Å². The normalized spacial score (nSPS) is 18.5. The van der Waals surface area contributed by atoms with Gasteiger partial charge in [-0.25, -0.2) is 9.67 Å². The second-order valence-corrected chi connectivity index (χ2v) is 7.85. The number of carbonyl (C=O) groups excluding carboxylic acids is 1. The first-order valence-corrected chi connectivity index (χ1v) is 10.4. The van der Waals surface area contributed by atoms with E-state index in [1.54, 1.807) is 0 Å². The maximum absolute atomic E-state index is 12.7. The van der Waals surface area contributed by atoms with Gasteiger partial charge in [0.15, 0.2) is 5.78 Å². The fraction of sp³-hybridized carbons (Fsp3) is 0.304. The minimum Gasteiger partial charge on any atom is -0.353 e. The van der Waals surface area contributed by atoms with E-state index in [-0.39, 0.29) is 11.7 Å². The van der Waals surface area contributed by atoms with E-state index in [9.17, 15) is 4.79 Å². The van der Waals surface area contributed by atoms with E-state index in [1.165, 1.54) is 11.1 Å². The van der Waals surface area contributed by atoms with Crippen LogP contribution in [0.4, 0.5) is 11.9 Å². The van der Waals surface area contributed by atoms with E-state index in [1.807, 2.05) is 41.1 Å². The van der Waals surface area contributed by atoms with Crippen molar-refractivity contribution in [3.8, 4) is 0 Å². The Morgan fingerprint density at radius 2 is 1.70 bits per heavy atom. The molecule has 1 unspecified atom stereocenters. The molecule has 5 rings (SSSR count). The number of anilines is 1. The Hall–Kier alpha value is -3.32. The molecular weight excluding hydrogens is 376 g/mol. The number of aromatic nitrogens is 3. The molecule has 7 heteroatoms. The fourth-order valence-corrected chi connectivity index (χ4v) is 4.13. The highest BCUT2D eigenvalue weighted by molar-refractivity contribution is 6.42. The summed E-state index contributed by atoms with van der Waals surface area (Å²) in [5.41, 5.74) is 3.13. The van der Waals surface area contributed by atoms with Crippen molar-refractivity contribution in [3.05, 3.63) is 71.8 Å². The highest BCUT2D eigenvalue weighted by atomic mass is 16.1. The van der Waals surface area contributed by atoms with Crippen LogP contribution < -0.4 is 5.32 Å². The van der Waals surface area contributed by atoms with E-state index in [4.69, 9.17) is 0 Å². The lowest BCUT2D eigenvalue weighted by molar-refractivity contribution is -0.115. The number of hydrogen-bond donors (Lipinski definition) is 1. The molecule has 0 saturated carbocycles. The molecule has 2 aliphatic heterocycles. The minimum atomic E-state index is 0.0568. The number of benzene rings is 2. The number of aliphatic imine (C=N–C) groups is 1. The van der Waals surface area contributed by atoms with E-state index >= 15 is 0 Å². The fourth-order valence-electron chi connectivity index (χ4n) is 4.13. The van der Waals surface area contributed by atoms with Crippen LogP contribution in [-0.4, -0.2) is 50.8 Å². The van der Waals surface area contributed by atoms with Crippen LogP contribution in [0.25, 0.3) is 0 Å². The Morgan fingerprint density at radius 3 is 2.47 bits per heavy atom. The minimum absolute atomic E-state index is 0.0568. The molecule has 1 fully saturated rings. The predicted molar refractivity (Wildman–Crippen MR) is 116 cm³/mol. The van der Waals surface area contributed by atoms with Crippen molar-refractivity contribution in [2.75, 3.05) is 25.0 Å². The van der Waals surface area contributed by atoms with Gasteiger partial charge >= 0.3 is 0 Å². The lowest BCUT2D eigenvalue weighted by Gasteiger charge is -2.34. The highest BCUT2D eigenvalue weighted by Crippen LogP contribution is 2.26. The monoisotopic (exact) mass is 400 g/mol. The Balaban J connectivity index is 1.24. The predicted octanol–water partition coefficient (Wildman–Crippen LogP) is 2.72. The summed E-state index contributed by atoms with van der Waals surface area (Å²) in [7, 11) is 0. The van der Waals surface area contributed by atoms with Crippen molar-refractivity contribution in [1.82, 2.24) is 19.7 Å². The number of Topliss-reactive ketones (excluding diaryl/α,β-unsaturated/α-hetero) is 1. The van der Waals surface area contributed by atoms with Crippen molar-refractivity contribution in [2.24, 2.45) is 10.9 Å². The second kappa shape index (κ2) is 8.20. The van der Waals surface area contributed by atoms with Crippen LogP contribution in [0, 0.1) is 5.92 Å². The Bertz CT molecular complexity index is 1060. The van der Waals surface area contributed by atoms with Crippen LogP contribution in [0.1, 0.15) is 11.1 Å². The molecule has 7 nitrogen and oxygen atoms in total. The lowest BCUT2D eigenvalue weighted by atomic mass is 9.93. The van der Waals surface area contributed by atoms with Gasteiger partial charge in [-0.2, -0.15) is 4.98 Å². The first-order chi connectivity index (χ1) is 14.7. The number of nitrogens with zero attached hydrogens (tertiary/aromatic N) is 5. The first kappa shape index (κ1) is 18.7. The molecule has 1 aromatic heterocycles. The van der Waals surface area contributed by atoms with Gasteiger partial charge in [-0.3, -0.25) is 9.69 Å². The molecular formula is C23H24N6O. The average molecular weight is 400 g/mol. The molecule has 0 radical (unpaired) electrons. The molecule has 1 N–H and O–H groups in total. The van der Waals surface area contributed by atoms with Crippen LogP contribution >= 0.6 is 0 Å². The third kappa shape index (κ3) is 4.02. The van der Waals surface area contributed by atoms with Gasteiger partial charge in [-0.1, -0.05) is 60.7 Å². The Labute approximate surface area is 175 Å². The standard InChI is InChI=1S/C23H24N6O/c30-20-16-28(13-18-9-5-2-6-10-18)14-19-15-29-23(25-21(19)20)26-22(27-29)24-12-11-17-7-3-1-4-8-17/h1-10,19H,11-16H2,(H,24,27). The number of likely N-dealkylation sites (tertiary alicyclic amines) is 1. The van der Waals surface area contributed by atoms with Crippen LogP contribution in [-0.2, 0) is 24.3 Å². The number of ketones is 1. The van der Waals surface area contributed by atoms with Gasteiger partial charge in [-0.15, -0.1) is 5.10 Å². The summed E-state index contributed by atoms with van der Waals surface area (Å²) in [4.78, 5) is 24.0. The van der Waals surface area contributed by atoms with Gasteiger partial charge in [0.2, 0.25) is 11.9 Å². The summed E-state index contributed by atoms with van der Waals surface area (Å²) < 4.78 is 1.82. The van der Waals surface area contributed by atoms with Gasteiger partial charge in [0.1, 0.15) is 0 Å². The van der Waals surface area contributed by atoms with Crippen LogP contribution in [0.5, 0.6) is 0 Å². The number of nitrogens with one attached hydrogen (secondary N) is 1. The van der Waals surface area contributed by atoms with Gasteiger partial charge in [0, 0.05) is 25.6 Å². The molecule has 30 heavy (non-hydrogen) atoms. The lowest BCUT2D eigenvalue weighted by Crippen LogP contribution is -2.49. The molecule has 0 aliphatic carbocycles. The number of piperidine rings is 1. The Morgan fingerprint density at radius 1 is 0.967 bits per heavy atom. The highest BCUT2D eigenvalue weighted by Gasteiger charge is 2.36. The molecule has 0 amide bonds. The van der Waals surface area contributed by atoms with Crippen molar-refractivity contribution in [2.45, 2.75) is 19.5 Å². The second-order valence-electron chi connectivity index (χ2n) is 7.85. The van der Waals surface area contributed by atoms with Gasteiger partial charge < -0.3 is 5.32 Å². The molecule has 152 valence electrons. The van der Waals surface area contributed by atoms with Gasteiger partial charge in [0.05, 0.1) is 18.8 Å². The van der Waals surface area contributed by atoms with Crippen molar-refractivity contribution in [1.29, 1.82) is 0 Å². The van der Waals surface area contributed by atoms with E-state index in [0.29, 0.717) is 30.7 Å². The molecule has 2 aliphatic rings. The van der Waals surface area contributed by atoms with Crippen molar-refractivity contribution < 1.29 is 4.79 Å². The van der Waals surface area contributed by atoms with Crippen LogP contribution in [0.15, 0.2) is 65.7 Å². The summed E-state index contributed by atoms with van der Waals surface area (Å²) in [5.74, 6) is 1.24. The molecule has 3 aromatic rings. The average Bonchev–Trinajstić information content (AvgIpc) is 3.15. The van der Waals surface area contributed by atoms with Crippen LogP contribution in [0.3, 0.4) is 0 Å². The summed E-state index contributed by atoms with van der Waals surface area (Å²) >= 11 is 0. The number of rotatable bonds is 6. The van der Waals surface area contributed by atoms with Crippen molar-refractivity contribution in [3.63, 3.8) is 0 Å². The molecule has 0 spiro atoms.